The molecule has 0 amide bonds. The lowest BCUT2D eigenvalue weighted by atomic mass is 10.1. The first-order valence-corrected chi connectivity index (χ1v) is 28.6. The molecule has 2 aliphatic heterocycles. The summed E-state index contributed by atoms with van der Waals surface area (Å²) < 4.78 is 32.9. The molecule has 0 saturated heterocycles. The van der Waals surface area contributed by atoms with E-state index in [9.17, 15) is 0 Å². The minimum absolute atomic E-state index is 0.908. The van der Waals surface area contributed by atoms with Crippen LogP contribution in [0.15, 0.2) is 132 Å². The average Bonchev–Trinajstić information content (AvgIpc) is 4.17. The van der Waals surface area contributed by atoms with Gasteiger partial charge in [-0.25, -0.2) is 0 Å². The highest BCUT2D eigenvalue weighted by Crippen LogP contribution is 2.58. The summed E-state index contributed by atoms with van der Waals surface area (Å²) in [5, 5.41) is 12.5. The van der Waals surface area contributed by atoms with Gasteiger partial charge < -0.3 is 13.7 Å². The van der Waals surface area contributed by atoms with Crippen LogP contribution in [0, 0.1) is 0 Å². The van der Waals surface area contributed by atoms with E-state index in [0.717, 1.165) is 85.2 Å². The van der Waals surface area contributed by atoms with Gasteiger partial charge in [-0.15, -0.1) is 45.3 Å². The van der Waals surface area contributed by atoms with E-state index in [4.69, 9.17) is 0 Å². The molecule has 11 rings (SSSR count). The van der Waals surface area contributed by atoms with Crippen molar-refractivity contribution >= 4 is 113 Å². The summed E-state index contributed by atoms with van der Waals surface area (Å²) in [7, 11) is -5.91. The molecular weight excluding hydrogens is 861 g/mol. The number of hydrogen-bond acceptors (Lipinski definition) is 6. The minimum atomic E-state index is -2.95. The Labute approximate surface area is 374 Å². The third-order valence-electron chi connectivity index (χ3n) is 12.9. The highest BCUT2D eigenvalue weighted by molar-refractivity contribution is 7.88. The topological polar surface area (TPSA) is 39.1 Å². The Balaban J connectivity index is 0.974. The molecule has 0 N–H and O–H groups in total. The second-order valence-electron chi connectivity index (χ2n) is 16.6. The van der Waals surface area contributed by atoms with Crippen molar-refractivity contribution in [1.82, 2.24) is 4.57 Å². The molecule has 61 heavy (non-hydrogen) atoms. The van der Waals surface area contributed by atoms with Crippen LogP contribution in [-0.4, -0.2) is 4.57 Å². The van der Waals surface area contributed by atoms with Gasteiger partial charge in [-0.2, -0.15) is 0 Å². The van der Waals surface area contributed by atoms with Crippen LogP contribution in [-0.2, 0) is 15.7 Å². The molecule has 5 aromatic heterocycles. The van der Waals surface area contributed by atoms with Gasteiger partial charge in [0, 0.05) is 69.9 Å². The number of thiophene rings is 4. The highest BCUT2D eigenvalue weighted by Gasteiger charge is 2.44. The summed E-state index contributed by atoms with van der Waals surface area (Å²) in [6.07, 6.45) is 13.2. The molecule has 2 atom stereocenters. The van der Waals surface area contributed by atoms with Gasteiger partial charge in [-0.3, -0.25) is 0 Å². The zero-order chi connectivity index (χ0) is 41.1. The van der Waals surface area contributed by atoms with E-state index >= 15 is 9.13 Å². The lowest BCUT2D eigenvalue weighted by molar-refractivity contribution is 0.541. The Morgan fingerprint density at radius 1 is 0.459 bits per heavy atom. The third-order valence-corrected chi connectivity index (χ3v) is 24.2. The van der Waals surface area contributed by atoms with E-state index in [0.29, 0.717) is 0 Å². The van der Waals surface area contributed by atoms with Gasteiger partial charge in [0.1, 0.15) is 0 Å². The number of benzene rings is 4. The molecule has 3 nitrogen and oxygen atoms in total. The van der Waals surface area contributed by atoms with Crippen molar-refractivity contribution in [3.63, 3.8) is 0 Å². The maximum absolute atomic E-state index is 15.2. The quantitative estimate of drug-likeness (QED) is 0.0759. The molecule has 0 fully saturated rings. The summed E-state index contributed by atoms with van der Waals surface area (Å²) in [6, 6.07) is 42.8. The van der Waals surface area contributed by atoms with Gasteiger partial charge in [0.15, 0.2) is 14.3 Å². The zero-order valence-electron chi connectivity index (χ0n) is 34.3. The standard InChI is InChI=1S/C52H47NO2P2S4/c1-2-3-4-5-6-7-8-9-10-17-28-53-41-24-22-35(47-33-45-51(60-47)49-43(26-29-58-49)56(45,54)37-18-13-11-14-19-37)31-39(41)40-32-36(23-25-42(40)53)48-34-46-52(61-48)50-44(27-30-59-50)57(46,55)38-20-15-12-16-21-38/h11-16,18-27,29-34H,2-10,17,28H2,1H3. The first-order chi connectivity index (χ1) is 30.0. The summed E-state index contributed by atoms with van der Waals surface area (Å²) in [4.78, 5) is 6.95. The van der Waals surface area contributed by atoms with E-state index in [1.165, 1.54) is 79.6 Å². The Morgan fingerprint density at radius 2 is 0.902 bits per heavy atom. The molecule has 306 valence electrons. The summed E-state index contributed by atoms with van der Waals surface area (Å²) in [6.45, 7) is 3.27. The van der Waals surface area contributed by atoms with Crippen LogP contribution in [0.25, 0.3) is 62.2 Å². The molecule has 4 aromatic carbocycles. The molecule has 7 heterocycles. The van der Waals surface area contributed by atoms with E-state index in [2.05, 4.69) is 82.9 Å². The Bertz CT molecular complexity index is 2970. The fourth-order valence-electron chi connectivity index (χ4n) is 9.78. The molecule has 0 spiro atoms. The lowest BCUT2D eigenvalue weighted by Gasteiger charge is -2.13. The fraction of sp³-hybridized carbons (Fsp3) is 0.231. The summed E-state index contributed by atoms with van der Waals surface area (Å²) >= 11 is 6.98. The number of unbranched alkanes of at least 4 members (excludes halogenated alkanes) is 9. The van der Waals surface area contributed by atoms with Gasteiger partial charge in [0.2, 0.25) is 0 Å². The van der Waals surface area contributed by atoms with Gasteiger partial charge in [-0.1, -0.05) is 138 Å². The van der Waals surface area contributed by atoms with E-state index in [-0.39, 0.29) is 0 Å². The lowest BCUT2D eigenvalue weighted by Crippen LogP contribution is -2.19. The maximum Gasteiger partial charge on any atom is 0.173 e. The van der Waals surface area contributed by atoms with Crippen molar-refractivity contribution in [2.24, 2.45) is 0 Å². The number of aryl methyl sites for hydroxylation is 1. The molecule has 0 bridgehead atoms. The number of fused-ring (bicyclic) bond motifs is 9. The minimum Gasteiger partial charge on any atom is -0.340 e. The Hall–Kier alpha value is -4.06. The largest absolute Gasteiger partial charge is 0.340 e. The monoisotopic (exact) mass is 907 g/mol. The van der Waals surface area contributed by atoms with Crippen molar-refractivity contribution in [1.29, 1.82) is 0 Å². The van der Waals surface area contributed by atoms with Gasteiger partial charge >= 0.3 is 0 Å². The zero-order valence-corrected chi connectivity index (χ0v) is 39.3. The van der Waals surface area contributed by atoms with Crippen molar-refractivity contribution < 1.29 is 9.13 Å². The molecule has 2 unspecified atom stereocenters. The smallest absolute Gasteiger partial charge is 0.173 e. The van der Waals surface area contributed by atoms with Crippen LogP contribution >= 0.6 is 59.6 Å². The fourth-order valence-corrected chi connectivity index (χ4v) is 22.2. The van der Waals surface area contributed by atoms with Crippen molar-refractivity contribution in [2.45, 2.75) is 77.7 Å². The molecular formula is C52H47NO2P2S4. The Morgan fingerprint density at radius 3 is 1.36 bits per heavy atom. The van der Waals surface area contributed by atoms with Crippen LogP contribution < -0.4 is 31.8 Å². The predicted molar refractivity (Wildman–Crippen MR) is 270 cm³/mol. The van der Waals surface area contributed by atoms with Crippen LogP contribution in [0.1, 0.15) is 71.1 Å². The third kappa shape index (κ3) is 6.52. The van der Waals surface area contributed by atoms with Crippen LogP contribution in [0.5, 0.6) is 0 Å². The first-order valence-electron chi connectivity index (χ1n) is 21.8. The summed E-state index contributed by atoms with van der Waals surface area (Å²) in [5.41, 5.74) is 4.85. The SMILES string of the molecule is CCCCCCCCCCCCn1c2ccc(-c3cc4c(s3)-c3sccc3P4(=O)c3ccccc3)cc2c2cc(-c3cc4c(s3)-c3sccc3P4(=O)c3ccccc3)ccc21. The molecule has 0 saturated carbocycles. The van der Waals surface area contributed by atoms with Gasteiger partial charge in [0.25, 0.3) is 0 Å². The average molecular weight is 908 g/mol. The van der Waals surface area contributed by atoms with Crippen molar-refractivity contribution in [3.8, 4) is 40.4 Å². The van der Waals surface area contributed by atoms with Gasteiger partial charge in [0.05, 0.1) is 19.5 Å². The highest BCUT2D eigenvalue weighted by atomic mass is 32.1. The van der Waals surface area contributed by atoms with Crippen molar-refractivity contribution in [3.05, 3.63) is 132 Å². The molecule has 0 aliphatic carbocycles. The van der Waals surface area contributed by atoms with E-state index in [1.807, 2.05) is 60.7 Å². The number of nitrogens with zero attached hydrogens (tertiary/aromatic N) is 1. The Kier molecular flexibility index (Phi) is 10.6. The van der Waals surface area contributed by atoms with Gasteiger partial charge in [-0.05, 0) is 76.8 Å². The normalized spacial score (nSPS) is 17.6. The van der Waals surface area contributed by atoms with Crippen molar-refractivity contribution in [2.75, 3.05) is 0 Å². The molecule has 9 aromatic rings. The second kappa shape index (κ2) is 16.2. The van der Waals surface area contributed by atoms with E-state index < -0.39 is 14.3 Å². The molecule has 9 heteroatoms. The second-order valence-corrected chi connectivity index (χ2v) is 25.9. The van der Waals surface area contributed by atoms with E-state index in [1.54, 1.807) is 45.3 Å². The summed E-state index contributed by atoms with van der Waals surface area (Å²) in [5.74, 6) is 0. The molecule has 2 aliphatic rings. The number of rotatable bonds is 15. The van der Waals surface area contributed by atoms with Crippen LogP contribution in [0.4, 0.5) is 0 Å². The predicted octanol–water partition coefficient (Wildman–Crippen LogP) is 14.5. The maximum atomic E-state index is 15.2. The molecule has 0 radical (unpaired) electrons. The number of aromatic nitrogens is 1. The first kappa shape index (κ1) is 39.8. The number of hydrogen-bond donors (Lipinski definition) is 0. The van der Waals surface area contributed by atoms with Crippen LogP contribution in [0.3, 0.4) is 0 Å². The van der Waals surface area contributed by atoms with Crippen LogP contribution in [0.2, 0.25) is 0 Å².